The lowest BCUT2D eigenvalue weighted by atomic mass is 10.1. The van der Waals surface area contributed by atoms with E-state index in [0.717, 1.165) is 31.2 Å². The molecule has 186 valence electrons. The largest absolute Gasteiger partial charge is 0.454 e. The van der Waals surface area contributed by atoms with Gasteiger partial charge in [0.1, 0.15) is 17.5 Å². The van der Waals surface area contributed by atoms with Crippen LogP contribution in [-0.4, -0.2) is 47.1 Å². The van der Waals surface area contributed by atoms with Crippen molar-refractivity contribution in [2.75, 3.05) is 24.0 Å². The van der Waals surface area contributed by atoms with Crippen LogP contribution in [0.25, 0.3) is 0 Å². The average Bonchev–Trinajstić information content (AvgIpc) is 3.48. The third kappa shape index (κ3) is 6.00. The monoisotopic (exact) mass is 499 g/mol. The van der Waals surface area contributed by atoms with Crippen LogP contribution in [-0.2, 0) is 25.2 Å². The van der Waals surface area contributed by atoms with E-state index in [1.807, 2.05) is 13.0 Å². The molecule has 1 fully saturated rings. The fraction of sp³-hybridized carbons (Fsp3) is 0.400. The highest BCUT2D eigenvalue weighted by molar-refractivity contribution is 7.86. The molecule has 1 aliphatic carbocycles. The first-order valence-electron chi connectivity index (χ1n) is 11.5. The SMILES string of the molecule is Cc1cccc(N(CC(=O)NC2CCCC2)C(=O)CS(=O)C(C(N)=O)c2ccc3c(c2)OCO3)c1. The Kier molecular flexibility index (Phi) is 7.70. The van der Waals surface area contributed by atoms with Gasteiger partial charge < -0.3 is 25.4 Å². The number of ether oxygens (including phenoxy) is 2. The smallest absolute Gasteiger partial charge is 0.240 e. The van der Waals surface area contributed by atoms with E-state index in [1.54, 1.807) is 36.4 Å². The number of nitrogens with one attached hydrogen (secondary N) is 1. The average molecular weight is 500 g/mol. The fourth-order valence-corrected chi connectivity index (χ4v) is 5.69. The van der Waals surface area contributed by atoms with Gasteiger partial charge in [-0.05, 0) is 55.2 Å². The van der Waals surface area contributed by atoms with Gasteiger partial charge in [0, 0.05) is 22.5 Å². The van der Waals surface area contributed by atoms with Crippen LogP contribution >= 0.6 is 0 Å². The highest BCUT2D eigenvalue weighted by Gasteiger charge is 2.31. The molecule has 2 aliphatic rings. The van der Waals surface area contributed by atoms with Crippen LogP contribution in [0.1, 0.15) is 42.1 Å². The van der Waals surface area contributed by atoms with Crippen LogP contribution in [0.15, 0.2) is 42.5 Å². The van der Waals surface area contributed by atoms with Crippen LogP contribution < -0.4 is 25.4 Å². The van der Waals surface area contributed by atoms with Crippen molar-refractivity contribution in [3.8, 4) is 11.5 Å². The number of hydrogen-bond donors (Lipinski definition) is 2. The molecule has 3 amide bonds. The predicted molar refractivity (Wildman–Crippen MR) is 131 cm³/mol. The van der Waals surface area contributed by atoms with Crippen LogP contribution in [0.2, 0.25) is 0 Å². The highest BCUT2D eigenvalue weighted by Crippen LogP contribution is 2.35. The molecule has 35 heavy (non-hydrogen) atoms. The Morgan fingerprint density at radius 2 is 1.86 bits per heavy atom. The summed E-state index contributed by atoms with van der Waals surface area (Å²) < 4.78 is 23.9. The first-order valence-corrected chi connectivity index (χ1v) is 12.9. The molecular formula is C25H29N3O6S. The summed E-state index contributed by atoms with van der Waals surface area (Å²) in [6.07, 6.45) is 3.98. The molecule has 1 heterocycles. The molecule has 2 unspecified atom stereocenters. The second kappa shape index (κ2) is 10.9. The van der Waals surface area contributed by atoms with Gasteiger partial charge in [-0.1, -0.05) is 31.0 Å². The number of primary amides is 1. The third-order valence-corrected chi connectivity index (χ3v) is 7.68. The number of nitrogens with zero attached hydrogens (tertiary/aromatic N) is 1. The maximum atomic E-state index is 13.3. The van der Waals surface area contributed by atoms with Crippen molar-refractivity contribution < 1.29 is 28.1 Å². The number of fused-ring (bicyclic) bond motifs is 1. The molecule has 3 N–H and O–H groups in total. The van der Waals surface area contributed by atoms with Crippen LogP contribution in [0.4, 0.5) is 5.69 Å². The van der Waals surface area contributed by atoms with Crippen molar-refractivity contribution >= 4 is 34.2 Å². The fourth-order valence-electron chi connectivity index (χ4n) is 4.41. The van der Waals surface area contributed by atoms with E-state index in [9.17, 15) is 18.6 Å². The zero-order chi connectivity index (χ0) is 24.9. The Labute approximate surface area is 206 Å². The Bertz CT molecular complexity index is 1150. The van der Waals surface area contributed by atoms with Gasteiger partial charge in [0.15, 0.2) is 11.5 Å². The summed E-state index contributed by atoms with van der Waals surface area (Å²) in [4.78, 5) is 39.6. The van der Waals surface area contributed by atoms with Crippen molar-refractivity contribution in [3.05, 3.63) is 53.6 Å². The van der Waals surface area contributed by atoms with Crippen molar-refractivity contribution in [1.29, 1.82) is 0 Å². The first-order chi connectivity index (χ1) is 16.8. The summed E-state index contributed by atoms with van der Waals surface area (Å²) in [6.45, 7) is 1.73. The number of carbonyl (C=O) groups excluding carboxylic acids is 3. The van der Waals surface area contributed by atoms with E-state index in [0.29, 0.717) is 22.7 Å². The summed E-state index contributed by atoms with van der Waals surface area (Å²) in [5.41, 5.74) is 7.38. The minimum atomic E-state index is -1.98. The van der Waals surface area contributed by atoms with Crippen LogP contribution in [0.3, 0.4) is 0 Å². The lowest BCUT2D eigenvalue weighted by Crippen LogP contribution is -2.45. The Morgan fingerprint density at radius 1 is 1.11 bits per heavy atom. The molecule has 0 aromatic heterocycles. The predicted octanol–water partition coefficient (Wildman–Crippen LogP) is 2.09. The quantitative estimate of drug-likeness (QED) is 0.544. The molecule has 0 radical (unpaired) electrons. The van der Waals surface area contributed by atoms with Gasteiger partial charge in [0.25, 0.3) is 0 Å². The van der Waals surface area contributed by atoms with Crippen molar-refractivity contribution in [3.63, 3.8) is 0 Å². The Hall–Kier alpha value is -3.40. The molecule has 2 aromatic rings. The highest BCUT2D eigenvalue weighted by atomic mass is 32.2. The van der Waals surface area contributed by atoms with E-state index in [-0.39, 0.29) is 25.3 Å². The number of aryl methyl sites for hydroxylation is 1. The molecule has 9 nitrogen and oxygen atoms in total. The number of nitrogens with two attached hydrogens (primary N) is 1. The van der Waals surface area contributed by atoms with Crippen molar-refractivity contribution in [1.82, 2.24) is 5.32 Å². The van der Waals surface area contributed by atoms with Crippen molar-refractivity contribution in [2.45, 2.75) is 43.9 Å². The minimum Gasteiger partial charge on any atom is -0.454 e. The van der Waals surface area contributed by atoms with E-state index >= 15 is 0 Å². The molecule has 1 saturated carbocycles. The third-order valence-electron chi connectivity index (χ3n) is 6.12. The number of benzene rings is 2. The zero-order valence-corrected chi connectivity index (χ0v) is 20.3. The minimum absolute atomic E-state index is 0.0516. The molecule has 0 spiro atoms. The topological polar surface area (TPSA) is 128 Å². The molecule has 1 aliphatic heterocycles. The number of amides is 3. The second-order valence-corrected chi connectivity index (χ2v) is 10.3. The van der Waals surface area contributed by atoms with Gasteiger partial charge in [0.2, 0.25) is 24.5 Å². The van der Waals surface area contributed by atoms with Gasteiger partial charge in [-0.3, -0.25) is 18.6 Å². The lowest BCUT2D eigenvalue weighted by Gasteiger charge is -2.24. The Balaban J connectivity index is 1.52. The number of carbonyl (C=O) groups is 3. The summed E-state index contributed by atoms with van der Waals surface area (Å²) in [7, 11) is -1.98. The summed E-state index contributed by atoms with van der Waals surface area (Å²) >= 11 is 0. The van der Waals surface area contributed by atoms with Crippen LogP contribution in [0, 0.1) is 6.92 Å². The normalized spacial score (nSPS) is 16.5. The first kappa shape index (κ1) is 24.7. The van der Waals surface area contributed by atoms with Gasteiger partial charge >= 0.3 is 0 Å². The number of hydrogen-bond acceptors (Lipinski definition) is 6. The lowest BCUT2D eigenvalue weighted by molar-refractivity contribution is -0.123. The van der Waals surface area contributed by atoms with Crippen molar-refractivity contribution in [2.24, 2.45) is 5.73 Å². The number of rotatable bonds is 9. The van der Waals surface area contributed by atoms with E-state index in [4.69, 9.17) is 15.2 Å². The van der Waals surface area contributed by atoms with Gasteiger partial charge in [-0.25, -0.2) is 0 Å². The van der Waals surface area contributed by atoms with Gasteiger partial charge in [-0.2, -0.15) is 0 Å². The number of anilines is 1. The maximum Gasteiger partial charge on any atom is 0.240 e. The van der Waals surface area contributed by atoms with Gasteiger partial charge in [-0.15, -0.1) is 0 Å². The maximum absolute atomic E-state index is 13.3. The summed E-state index contributed by atoms with van der Waals surface area (Å²) in [6, 6.07) is 12.0. The molecule has 4 rings (SSSR count). The molecule has 2 atom stereocenters. The molecule has 0 saturated heterocycles. The molecular weight excluding hydrogens is 470 g/mol. The van der Waals surface area contributed by atoms with E-state index < -0.39 is 33.6 Å². The Morgan fingerprint density at radius 3 is 2.57 bits per heavy atom. The molecule has 2 aromatic carbocycles. The molecule has 10 heteroatoms. The zero-order valence-electron chi connectivity index (χ0n) is 19.5. The van der Waals surface area contributed by atoms with Gasteiger partial charge in [0.05, 0.1) is 0 Å². The standard InChI is InChI=1S/C25H29N3O6S/c1-16-5-4-8-19(11-16)28(13-22(29)27-18-6-2-3-7-18)23(30)14-35(32)24(25(26)31)17-9-10-20-21(12-17)34-15-33-20/h4-5,8-12,18,24H,2-3,6-7,13-15H2,1H3,(H2,26,31)(H,27,29). The van der Waals surface area contributed by atoms with Crippen LogP contribution in [0.5, 0.6) is 11.5 Å². The molecule has 0 bridgehead atoms. The summed E-state index contributed by atoms with van der Waals surface area (Å²) in [5.74, 6) is -1.19. The second-order valence-electron chi connectivity index (χ2n) is 8.79. The van der Waals surface area contributed by atoms with E-state index in [1.165, 1.54) is 4.90 Å². The summed E-state index contributed by atoms with van der Waals surface area (Å²) in [5, 5.41) is 1.76. The van der Waals surface area contributed by atoms with E-state index in [2.05, 4.69) is 5.32 Å².